The maximum Gasteiger partial charge on any atom is 0 e. The Morgan fingerprint density at radius 2 is 0.625 bits per heavy atom. The van der Waals surface area contributed by atoms with E-state index in [2.05, 4.69) is 27.7 Å². The van der Waals surface area contributed by atoms with E-state index < -0.39 is 0 Å². The number of rotatable bonds is 0. The highest BCUT2D eigenvalue weighted by molar-refractivity contribution is 5.76. The Labute approximate surface area is 58.2 Å². The van der Waals surface area contributed by atoms with Gasteiger partial charge in [-0.25, -0.2) is 0 Å². The molecule has 6 radical (unpaired) electrons. The Bertz CT molecular complexity index is 8.49. The molecule has 0 saturated carbocycles. The van der Waals surface area contributed by atoms with E-state index in [1.165, 1.54) is 12.8 Å². The first-order chi connectivity index (χ1) is 2.83. The first-order valence-corrected chi connectivity index (χ1v) is 2.83. The van der Waals surface area contributed by atoms with Crippen LogP contribution in [0.1, 0.15) is 40.5 Å². The average molecular weight is 110 g/mol. The summed E-state index contributed by atoms with van der Waals surface area (Å²) >= 11 is 0. The molecule has 0 aromatic heterocycles. The molecule has 0 bridgehead atoms. The Balaban J connectivity index is -0.0000000160. The van der Waals surface area contributed by atoms with Gasteiger partial charge in [-0.15, -0.1) is 0 Å². The van der Waals surface area contributed by atoms with Gasteiger partial charge >= 0.3 is 0 Å². The molecule has 0 atom stereocenters. The third-order valence-corrected chi connectivity index (χ3v) is 0. The molecule has 8 heavy (non-hydrogen) atoms. The van der Waals surface area contributed by atoms with Crippen LogP contribution in [0.2, 0.25) is 0 Å². The zero-order chi connectivity index (χ0) is 5.41. The zero-order valence-electron chi connectivity index (χ0n) is 6.57. The summed E-state index contributed by atoms with van der Waals surface area (Å²) in [5.41, 5.74) is 0. The molecule has 0 spiro atoms. The molecule has 0 fully saturated rings. The Morgan fingerprint density at radius 3 is 0.625 bits per heavy atom. The lowest BCUT2D eigenvalue weighted by Gasteiger charge is -1.48. The van der Waals surface area contributed by atoms with Crippen molar-refractivity contribution in [3.8, 4) is 0 Å². The molecule has 0 unspecified atom stereocenters. The van der Waals surface area contributed by atoms with Gasteiger partial charge in [0, 0.05) is 16.8 Å². The van der Waals surface area contributed by atoms with Crippen molar-refractivity contribution in [2.45, 2.75) is 40.5 Å². The van der Waals surface area contributed by atoms with Gasteiger partial charge in [-0.05, 0) is 0 Å². The van der Waals surface area contributed by atoms with Crippen LogP contribution in [0.4, 0.5) is 0 Å². The summed E-state index contributed by atoms with van der Waals surface area (Å²) < 4.78 is 0. The Morgan fingerprint density at radius 1 is 0.625 bits per heavy atom. The normalized spacial score (nSPS) is 4.50. The quantitative estimate of drug-likeness (QED) is 0.418. The van der Waals surface area contributed by atoms with Crippen molar-refractivity contribution in [2.24, 2.45) is 0 Å². The fraction of sp³-hybridized carbons (Fsp3) is 1.00. The van der Waals surface area contributed by atoms with Gasteiger partial charge < -0.3 is 0 Å². The monoisotopic (exact) mass is 110 g/mol. The van der Waals surface area contributed by atoms with Crippen molar-refractivity contribution in [3.05, 3.63) is 0 Å². The molecule has 46 valence electrons. The van der Waals surface area contributed by atoms with Crippen molar-refractivity contribution >= 4 is 16.8 Å². The van der Waals surface area contributed by atoms with Gasteiger partial charge in [0.15, 0.2) is 0 Å². The number of hydrogen-bond donors (Lipinski definition) is 0. The maximum absolute atomic E-state index is 2.12. The second-order valence-electron chi connectivity index (χ2n) is 1.41. The van der Waals surface area contributed by atoms with Crippen LogP contribution in [0, 0.1) is 0 Å². The molecular formula is C6H16B2. The van der Waals surface area contributed by atoms with Crippen LogP contribution in [0.15, 0.2) is 0 Å². The van der Waals surface area contributed by atoms with Gasteiger partial charge in [-0.1, -0.05) is 40.5 Å². The molecule has 0 rings (SSSR count). The van der Waals surface area contributed by atoms with Crippen molar-refractivity contribution in [1.82, 2.24) is 0 Å². The highest BCUT2D eigenvalue weighted by Crippen LogP contribution is 1.56. The predicted octanol–water partition coefficient (Wildman–Crippen LogP) is 2.07. The van der Waals surface area contributed by atoms with Crippen molar-refractivity contribution in [2.75, 3.05) is 0 Å². The van der Waals surface area contributed by atoms with E-state index in [-0.39, 0.29) is 16.8 Å². The lowest BCUT2D eigenvalue weighted by Crippen LogP contribution is -1.27. The van der Waals surface area contributed by atoms with Crippen LogP contribution < -0.4 is 0 Å². The zero-order valence-corrected chi connectivity index (χ0v) is 6.57. The van der Waals surface area contributed by atoms with Gasteiger partial charge in [0.05, 0.1) is 0 Å². The van der Waals surface area contributed by atoms with E-state index in [0.29, 0.717) is 0 Å². The Kier molecular flexibility index (Phi) is 179. The summed E-state index contributed by atoms with van der Waals surface area (Å²) in [7, 11) is 0. The van der Waals surface area contributed by atoms with Gasteiger partial charge in [-0.3, -0.25) is 0 Å². The smallest absolute Gasteiger partial charge is 0 e. The molecule has 0 aliphatic rings. The molecule has 0 nitrogen and oxygen atoms in total. The summed E-state index contributed by atoms with van der Waals surface area (Å²) in [6.45, 7) is 8.50. The second kappa shape index (κ2) is 59.1. The molecule has 0 aromatic carbocycles. The SMILES string of the molecule is CCC.CCC.[B].[B]. The maximum atomic E-state index is 2.12. The molecule has 0 amide bonds. The van der Waals surface area contributed by atoms with Crippen LogP contribution in [-0.4, -0.2) is 16.8 Å². The summed E-state index contributed by atoms with van der Waals surface area (Å²) in [4.78, 5) is 0. The van der Waals surface area contributed by atoms with E-state index in [9.17, 15) is 0 Å². The molecular weight excluding hydrogens is 93.7 g/mol. The minimum atomic E-state index is 0. The van der Waals surface area contributed by atoms with Gasteiger partial charge in [0.25, 0.3) is 0 Å². The standard InChI is InChI=1S/2C3H8.2B/c2*1-3-2;;/h2*3H2,1-2H3;;. The summed E-state index contributed by atoms with van der Waals surface area (Å²) in [5.74, 6) is 0. The lowest BCUT2D eigenvalue weighted by atomic mass is 10.6. The van der Waals surface area contributed by atoms with Crippen molar-refractivity contribution in [1.29, 1.82) is 0 Å². The highest BCUT2D eigenvalue weighted by Gasteiger charge is 1.36. The third-order valence-electron chi connectivity index (χ3n) is 0. The van der Waals surface area contributed by atoms with E-state index in [0.717, 1.165) is 0 Å². The number of hydrogen-bond acceptors (Lipinski definition) is 0. The van der Waals surface area contributed by atoms with Crippen LogP contribution in [0.3, 0.4) is 0 Å². The van der Waals surface area contributed by atoms with E-state index >= 15 is 0 Å². The fourth-order valence-electron chi connectivity index (χ4n) is 0. The fourth-order valence-corrected chi connectivity index (χ4v) is 0. The molecule has 0 N–H and O–H groups in total. The van der Waals surface area contributed by atoms with E-state index in [1.54, 1.807) is 0 Å². The first kappa shape index (κ1) is 24.2. The minimum Gasteiger partial charge on any atom is -0.0656 e. The summed E-state index contributed by atoms with van der Waals surface area (Å²) in [6.07, 6.45) is 2.50. The first-order valence-electron chi connectivity index (χ1n) is 2.83. The van der Waals surface area contributed by atoms with Crippen molar-refractivity contribution < 1.29 is 0 Å². The largest absolute Gasteiger partial charge is 0.0656 e. The lowest BCUT2D eigenvalue weighted by molar-refractivity contribution is 1.09. The summed E-state index contributed by atoms with van der Waals surface area (Å²) in [6, 6.07) is 0. The predicted molar refractivity (Wildman–Crippen MR) is 43.4 cm³/mol. The third kappa shape index (κ3) is 9560. The minimum absolute atomic E-state index is 0. The van der Waals surface area contributed by atoms with Crippen LogP contribution in [0.5, 0.6) is 0 Å². The van der Waals surface area contributed by atoms with E-state index in [1.807, 2.05) is 0 Å². The van der Waals surface area contributed by atoms with Crippen molar-refractivity contribution in [3.63, 3.8) is 0 Å². The topological polar surface area (TPSA) is 0 Å². The molecule has 2 heteroatoms. The average Bonchev–Trinajstić information content (AvgIpc) is 1.39. The van der Waals surface area contributed by atoms with Gasteiger partial charge in [-0.2, -0.15) is 0 Å². The molecule has 0 aliphatic heterocycles. The second-order valence-corrected chi connectivity index (χ2v) is 1.41. The molecule has 0 aromatic rings. The molecule has 0 heterocycles. The summed E-state index contributed by atoms with van der Waals surface area (Å²) in [5, 5.41) is 0. The van der Waals surface area contributed by atoms with Crippen LogP contribution >= 0.6 is 0 Å². The van der Waals surface area contributed by atoms with Crippen LogP contribution in [0.25, 0.3) is 0 Å². The van der Waals surface area contributed by atoms with E-state index in [4.69, 9.17) is 0 Å². The Hall–Kier alpha value is 0.130. The van der Waals surface area contributed by atoms with Gasteiger partial charge in [0.1, 0.15) is 0 Å². The molecule has 0 aliphatic carbocycles. The van der Waals surface area contributed by atoms with Gasteiger partial charge in [0.2, 0.25) is 0 Å². The highest BCUT2D eigenvalue weighted by atomic mass is 13.4. The van der Waals surface area contributed by atoms with Crippen LogP contribution in [-0.2, 0) is 0 Å². The molecule has 0 saturated heterocycles.